The van der Waals surface area contributed by atoms with Crippen LogP contribution in [0.15, 0.2) is 60.9 Å². The van der Waals surface area contributed by atoms with E-state index in [2.05, 4.69) is 59.1 Å². The van der Waals surface area contributed by atoms with Gasteiger partial charge in [0, 0.05) is 25.0 Å². The second kappa shape index (κ2) is 5.49. The van der Waals surface area contributed by atoms with E-state index in [1.807, 2.05) is 18.2 Å². The highest BCUT2D eigenvalue weighted by Gasteiger charge is 2.39. The van der Waals surface area contributed by atoms with Gasteiger partial charge in [-0.2, -0.15) is 5.26 Å². The van der Waals surface area contributed by atoms with Gasteiger partial charge in [0.05, 0.1) is 11.8 Å². The molecule has 0 aliphatic carbocycles. The summed E-state index contributed by atoms with van der Waals surface area (Å²) >= 11 is 0. The van der Waals surface area contributed by atoms with Gasteiger partial charge in [0.2, 0.25) is 0 Å². The molecular formula is C18H19N3. The van der Waals surface area contributed by atoms with Gasteiger partial charge in [-0.25, -0.2) is 0 Å². The molecule has 1 atom stereocenters. The third kappa shape index (κ3) is 2.34. The summed E-state index contributed by atoms with van der Waals surface area (Å²) in [6.07, 6.45) is 8.09. The van der Waals surface area contributed by atoms with Crippen LogP contribution >= 0.6 is 0 Å². The molecule has 1 aliphatic heterocycles. The first-order chi connectivity index (χ1) is 10.3. The van der Waals surface area contributed by atoms with Crippen molar-refractivity contribution in [2.45, 2.75) is 25.4 Å². The van der Waals surface area contributed by atoms with Crippen molar-refractivity contribution in [1.29, 1.82) is 5.26 Å². The highest BCUT2D eigenvalue weighted by molar-refractivity contribution is 5.66. The summed E-state index contributed by atoms with van der Waals surface area (Å²) in [5.41, 5.74) is 1.99. The van der Waals surface area contributed by atoms with E-state index in [9.17, 15) is 5.26 Å². The zero-order chi connectivity index (χ0) is 14.7. The van der Waals surface area contributed by atoms with Crippen molar-refractivity contribution in [2.75, 3.05) is 6.54 Å². The van der Waals surface area contributed by atoms with Crippen molar-refractivity contribution >= 4 is 5.70 Å². The number of hydrogen-bond acceptors (Lipinski definition) is 2. The molecule has 1 unspecified atom stereocenters. The lowest BCUT2D eigenvalue weighted by Gasteiger charge is -2.39. The standard InChI is InChI=1S/C18H19N3/c1-18(20-13-5-6-14-20)11-7-15-21(18)17(10-12-19)16-8-3-2-4-9-16/h2-6,8-10,13-14H,7,11,15H2,1H3/b17-10+. The molecule has 0 radical (unpaired) electrons. The van der Waals surface area contributed by atoms with Crippen LogP contribution in [-0.2, 0) is 5.66 Å². The number of allylic oxidation sites excluding steroid dienone is 1. The molecule has 0 N–H and O–H groups in total. The smallest absolute Gasteiger partial charge is 0.113 e. The predicted octanol–water partition coefficient (Wildman–Crippen LogP) is 3.82. The van der Waals surface area contributed by atoms with Gasteiger partial charge in [0.25, 0.3) is 0 Å². The predicted molar refractivity (Wildman–Crippen MR) is 84.1 cm³/mol. The molecule has 1 saturated heterocycles. The van der Waals surface area contributed by atoms with E-state index in [0.717, 1.165) is 30.6 Å². The Morgan fingerprint density at radius 2 is 1.90 bits per heavy atom. The lowest BCUT2D eigenvalue weighted by molar-refractivity contribution is 0.146. The summed E-state index contributed by atoms with van der Waals surface area (Å²) in [5.74, 6) is 0. The topological polar surface area (TPSA) is 32.0 Å². The van der Waals surface area contributed by atoms with Crippen LogP contribution in [0.4, 0.5) is 0 Å². The van der Waals surface area contributed by atoms with Crippen LogP contribution in [0.25, 0.3) is 5.70 Å². The summed E-state index contributed by atoms with van der Waals surface area (Å²) in [5, 5.41) is 9.20. The van der Waals surface area contributed by atoms with E-state index in [-0.39, 0.29) is 5.66 Å². The lowest BCUT2D eigenvalue weighted by atomic mass is 10.1. The number of nitriles is 1. The molecule has 1 aliphatic rings. The fourth-order valence-corrected chi connectivity index (χ4v) is 3.24. The molecule has 2 heterocycles. The Hall–Kier alpha value is -2.47. The van der Waals surface area contributed by atoms with Crippen LogP contribution in [0.3, 0.4) is 0 Å². The van der Waals surface area contributed by atoms with E-state index in [0.29, 0.717) is 0 Å². The number of benzene rings is 1. The average Bonchev–Trinajstić information content (AvgIpc) is 3.16. The first-order valence-electron chi connectivity index (χ1n) is 7.32. The molecule has 1 aromatic carbocycles. The molecule has 0 amide bonds. The molecule has 0 bridgehead atoms. The summed E-state index contributed by atoms with van der Waals surface area (Å²) in [4.78, 5) is 2.35. The SMILES string of the molecule is CC1(n2cccc2)CCCN1/C(=C/C#N)c1ccccc1. The Kier molecular flexibility index (Phi) is 3.53. The molecule has 0 spiro atoms. The minimum absolute atomic E-state index is 0.109. The van der Waals surface area contributed by atoms with Crippen molar-refractivity contribution in [1.82, 2.24) is 9.47 Å². The number of nitrogens with zero attached hydrogens (tertiary/aromatic N) is 3. The quantitative estimate of drug-likeness (QED) is 0.799. The third-order valence-corrected chi connectivity index (χ3v) is 4.34. The molecule has 3 rings (SSSR count). The number of hydrogen-bond donors (Lipinski definition) is 0. The second-order valence-corrected chi connectivity index (χ2v) is 5.59. The Labute approximate surface area is 125 Å². The molecule has 1 fully saturated rings. The van der Waals surface area contributed by atoms with E-state index in [1.165, 1.54) is 0 Å². The zero-order valence-corrected chi connectivity index (χ0v) is 12.2. The largest absolute Gasteiger partial charge is 0.347 e. The Bertz CT molecular complexity index is 664. The van der Waals surface area contributed by atoms with Crippen molar-refractivity contribution in [3.63, 3.8) is 0 Å². The highest BCUT2D eigenvalue weighted by Crippen LogP contribution is 2.39. The van der Waals surface area contributed by atoms with Crippen molar-refractivity contribution in [3.05, 3.63) is 66.5 Å². The summed E-state index contributed by atoms with van der Waals surface area (Å²) in [7, 11) is 0. The van der Waals surface area contributed by atoms with E-state index in [4.69, 9.17) is 0 Å². The average molecular weight is 277 g/mol. The minimum atomic E-state index is -0.109. The minimum Gasteiger partial charge on any atom is -0.347 e. The number of likely N-dealkylation sites (tertiary alicyclic amines) is 1. The van der Waals surface area contributed by atoms with Gasteiger partial charge < -0.3 is 9.47 Å². The van der Waals surface area contributed by atoms with Gasteiger partial charge >= 0.3 is 0 Å². The molecular weight excluding hydrogens is 258 g/mol. The Morgan fingerprint density at radius 1 is 1.19 bits per heavy atom. The van der Waals surface area contributed by atoms with Crippen LogP contribution in [0.5, 0.6) is 0 Å². The van der Waals surface area contributed by atoms with Crippen LogP contribution in [0, 0.1) is 11.3 Å². The van der Waals surface area contributed by atoms with Gasteiger partial charge in [0.15, 0.2) is 0 Å². The van der Waals surface area contributed by atoms with Gasteiger partial charge in [-0.15, -0.1) is 0 Å². The van der Waals surface area contributed by atoms with Crippen LogP contribution < -0.4 is 0 Å². The molecule has 3 nitrogen and oxygen atoms in total. The highest BCUT2D eigenvalue weighted by atomic mass is 15.4. The summed E-state index contributed by atoms with van der Waals surface area (Å²) < 4.78 is 2.24. The maximum absolute atomic E-state index is 9.20. The van der Waals surface area contributed by atoms with Crippen molar-refractivity contribution in [2.24, 2.45) is 0 Å². The van der Waals surface area contributed by atoms with Crippen molar-refractivity contribution in [3.8, 4) is 6.07 Å². The Balaban J connectivity index is 2.04. The monoisotopic (exact) mass is 277 g/mol. The van der Waals surface area contributed by atoms with Crippen LogP contribution in [-0.4, -0.2) is 16.0 Å². The van der Waals surface area contributed by atoms with Crippen molar-refractivity contribution < 1.29 is 0 Å². The maximum atomic E-state index is 9.20. The molecule has 21 heavy (non-hydrogen) atoms. The van der Waals surface area contributed by atoms with Gasteiger partial charge in [-0.1, -0.05) is 30.3 Å². The normalized spacial score (nSPS) is 22.3. The molecule has 0 saturated carbocycles. The molecule has 2 aromatic rings. The van der Waals surface area contributed by atoms with E-state index in [1.54, 1.807) is 6.08 Å². The molecule has 1 aromatic heterocycles. The fraction of sp³-hybridized carbons (Fsp3) is 0.278. The number of rotatable bonds is 3. The summed E-state index contributed by atoms with van der Waals surface area (Å²) in [6, 6.07) is 16.5. The first-order valence-corrected chi connectivity index (χ1v) is 7.32. The fourth-order valence-electron chi connectivity index (χ4n) is 3.24. The maximum Gasteiger partial charge on any atom is 0.113 e. The summed E-state index contributed by atoms with van der Waals surface area (Å²) in [6.45, 7) is 3.21. The van der Waals surface area contributed by atoms with Gasteiger partial charge in [-0.05, 0) is 37.5 Å². The first kappa shape index (κ1) is 13.5. The van der Waals surface area contributed by atoms with Crippen LogP contribution in [0.1, 0.15) is 25.3 Å². The lowest BCUT2D eigenvalue weighted by Crippen LogP contribution is -2.41. The van der Waals surface area contributed by atoms with E-state index < -0.39 is 0 Å². The molecule has 106 valence electrons. The van der Waals surface area contributed by atoms with Crippen LogP contribution in [0.2, 0.25) is 0 Å². The number of aromatic nitrogens is 1. The van der Waals surface area contributed by atoms with E-state index >= 15 is 0 Å². The van der Waals surface area contributed by atoms with Gasteiger partial charge in [-0.3, -0.25) is 0 Å². The zero-order valence-electron chi connectivity index (χ0n) is 12.2. The third-order valence-electron chi connectivity index (χ3n) is 4.34. The Morgan fingerprint density at radius 3 is 2.57 bits per heavy atom. The molecule has 3 heteroatoms. The second-order valence-electron chi connectivity index (χ2n) is 5.59. The van der Waals surface area contributed by atoms with Gasteiger partial charge in [0.1, 0.15) is 5.66 Å².